The number of carbonyl (C=O) groups is 3. The number of amides is 1. The summed E-state index contributed by atoms with van der Waals surface area (Å²) in [5, 5.41) is 11.2. The molecule has 1 saturated heterocycles. The molecule has 2 N–H and O–H groups in total. The number of benzene rings is 1. The Balaban J connectivity index is 1.93. The molecule has 1 heterocycles. The van der Waals surface area contributed by atoms with Gasteiger partial charge < -0.3 is 14.6 Å². The lowest BCUT2D eigenvalue weighted by atomic mass is 10.1. The van der Waals surface area contributed by atoms with Gasteiger partial charge in [0, 0.05) is 6.42 Å². The van der Waals surface area contributed by atoms with Gasteiger partial charge in [0.15, 0.2) is 0 Å². The van der Waals surface area contributed by atoms with E-state index < -0.39 is 23.8 Å². The summed E-state index contributed by atoms with van der Waals surface area (Å²) in [4.78, 5) is 33.8. The van der Waals surface area contributed by atoms with Gasteiger partial charge in [0.25, 0.3) is 5.72 Å². The number of hydrogen-bond donors (Lipinski definition) is 2. The molecule has 1 aromatic rings. The monoisotopic (exact) mass is 279 g/mol. The Kier molecular flexibility index (Phi) is 3.88. The number of esters is 1. The highest BCUT2D eigenvalue weighted by molar-refractivity contribution is 5.88. The molecule has 20 heavy (non-hydrogen) atoms. The largest absolute Gasteiger partial charge is 0.477 e. The van der Waals surface area contributed by atoms with Crippen LogP contribution in [0.25, 0.3) is 0 Å². The molecule has 1 aliphatic rings. The number of hydrogen-bond acceptors (Lipinski definition) is 5. The molecule has 0 spiro atoms. The van der Waals surface area contributed by atoms with Gasteiger partial charge >= 0.3 is 18.0 Å². The fourth-order valence-electron chi connectivity index (χ4n) is 1.79. The molecule has 0 radical (unpaired) electrons. The van der Waals surface area contributed by atoms with Crippen molar-refractivity contribution in [1.82, 2.24) is 5.32 Å². The van der Waals surface area contributed by atoms with E-state index in [4.69, 9.17) is 9.84 Å². The number of cyclic esters (lactones) is 1. The van der Waals surface area contributed by atoms with E-state index in [0.29, 0.717) is 0 Å². The molecule has 0 unspecified atom stereocenters. The van der Waals surface area contributed by atoms with Crippen LogP contribution in [-0.4, -0.2) is 28.9 Å². The molecule has 1 atom stereocenters. The van der Waals surface area contributed by atoms with E-state index >= 15 is 0 Å². The second-order valence-electron chi connectivity index (χ2n) is 4.29. The molecule has 1 amide bonds. The van der Waals surface area contributed by atoms with Crippen LogP contribution in [0.2, 0.25) is 0 Å². The molecular formula is C13H13NO6. The Morgan fingerprint density at radius 2 is 2.05 bits per heavy atom. The van der Waals surface area contributed by atoms with Gasteiger partial charge in [-0.05, 0) is 5.56 Å². The van der Waals surface area contributed by atoms with Crippen LogP contribution in [0.15, 0.2) is 30.3 Å². The Morgan fingerprint density at radius 3 is 2.60 bits per heavy atom. The standard InChI is InChI=1S/C13H13NO6/c15-10-6-7-13(20-10,11(16)17)14-12(18)19-8-9-4-2-1-3-5-9/h1-5H,6-8H2,(H,14,18)(H,16,17)/t13-/m1/s1. The summed E-state index contributed by atoms with van der Waals surface area (Å²) in [7, 11) is 0. The summed E-state index contributed by atoms with van der Waals surface area (Å²) < 4.78 is 9.58. The zero-order valence-electron chi connectivity index (χ0n) is 10.5. The summed E-state index contributed by atoms with van der Waals surface area (Å²) in [6.07, 6.45) is -1.14. The van der Waals surface area contributed by atoms with E-state index in [-0.39, 0.29) is 19.4 Å². The van der Waals surface area contributed by atoms with E-state index in [1.165, 1.54) is 0 Å². The van der Waals surface area contributed by atoms with E-state index in [2.05, 4.69) is 10.1 Å². The van der Waals surface area contributed by atoms with E-state index in [1.807, 2.05) is 6.07 Å². The fraction of sp³-hybridized carbons (Fsp3) is 0.308. The highest BCUT2D eigenvalue weighted by atomic mass is 16.6. The first-order valence-electron chi connectivity index (χ1n) is 5.96. The number of ether oxygens (including phenoxy) is 2. The summed E-state index contributed by atoms with van der Waals surface area (Å²) in [6.45, 7) is -0.00365. The predicted octanol–water partition coefficient (Wildman–Crippen LogP) is 1.03. The number of alkyl carbamates (subject to hydrolysis) is 1. The Morgan fingerprint density at radius 1 is 1.35 bits per heavy atom. The van der Waals surface area contributed by atoms with Crippen LogP contribution in [0.5, 0.6) is 0 Å². The van der Waals surface area contributed by atoms with Gasteiger partial charge in [-0.2, -0.15) is 0 Å². The van der Waals surface area contributed by atoms with Gasteiger partial charge in [0.2, 0.25) is 0 Å². The first-order chi connectivity index (χ1) is 9.52. The molecule has 2 rings (SSSR count). The number of rotatable bonds is 4. The number of aliphatic carboxylic acids is 1. The Bertz CT molecular complexity index is 529. The zero-order chi connectivity index (χ0) is 14.6. The fourth-order valence-corrected chi connectivity index (χ4v) is 1.79. The van der Waals surface area contributed by atoms with Crippen molar-refractivity contribution in [3.63, 3.8) is 0 Å². The minimum absolute atomic E-state index is 0.00365. The van der Waals surface area contributed by atoms with Gasteiger partial charge in [-0.15, -0.1) is 0 Å². The van der Waals surface area contributed by atoms with Gasteiger partial charge in [-0.25, -0.2) is 9.59 Å². The van der Waals surface area contributed by atoms with Crippen LogP contribution in [0.1, 0.15) is 18.4 Å². The second kappa shape index (κ2) is 5.60. The molecule has 1 fully saturated rings. The van der Waals surface area contributed by atoms with E-state index in [1.54, 1.807) is 24.3 Å². The maximum absolute atomic E-state index is 11.6. The minimum Gasteiger partial charge on any atom is -0.477 e. The zero-order valence-corrected chi connectivity index (χ0v) is 10.5. The number of carboxylic acid groups (broad SMARTS) is 1. The molecular weight excluding hydrogens is 266 g/mol. The molecule has 0 bridgehead atoms. The number of carboxylic acids is 1. The van der Waals surface area contributed by atoms with Crippen molar-refractivity contribution in [3.05, 3.63) is 35.9 Å². The van der Waals surface area contributed by atoms with Crippen LogP contribution in [0.3, 0.4) is 0 Å². The summed E-state index contributed by atoms with van der Waals surface area (Å²) >= 11 is 0. The molecule has 0 aliphatic carbocycles. The molecule has 7 nitrogen and oxygen atoms in total. The van der Waals surface area contributed by atoms with Crippen molar-refractivity contribution >= 4 is 18.0 Å². The minimum atomic E-state index is -2.02. The molecule has 0 aromatic heterocycles. The van der Waals surface area contributed by atoms with Crippen molar-refractivity contribution in [1.29, 1.82) is 0 Å². The predicted molar refractivity (Wildman–Crippen MR) is 65.5 cm³/mol. The van der Waals surface area contributed by atoms with Crippen LogP contribution < -0.4 is 5.32 Å². The average molecular weight is 279 g/mol. The number of carbonyl (C=O) groups excluding carboxylic acids is 2. The Hall–Kier alpha value is -2.57. The lowest BCUT2D eigenvalue weighted by Crippen LogP contribution is -2.54. The highest BCUT2D eigenvalue weighted by Crippen LogP contribution is 2.24. The maximum atomic E-state index is 11.6. The van der Waals surface area contributed by atoms with E-state index in [0.717, 1.165) is 5.56 Å². The van der Waals surface area contributed by atoms with Crippen molar-refractivity contribution in [2.75, 3.05) is 0 Å². The Labute approximate surface area is 114 Å². The molecule has 0 saturated carbocycles. The average Bonchev–Trinajstić information content (AvgIpc) is 2.80. The van der Waals surface area contributed by atoms with Crippen LogP contribution >= 0.6 is 0 Å². The topological polar surface area (TPSA) is 102 Å². The highest BCUT2D eigenvalue weighted by Gasteiger charge is 2.49. The summed E-state index contributed by atoms with van der Waals surface area (Å²) in [5.74, 6) is -2.10. The smallest absolute Gasteiger partial charge is 0.411 e. The van der Waals surface area contributed by atoms with Gasteiger partial charge in [0.1, 0.15) is 6.61 Å². The summed E-state index contributed by atoms with van der Waals surface area (Å²) in [5.41, 5.74) is -1.26. The van der Waals surface area contributed by atoms with Crippen LogP contribution in [0, 0.1) is 0 Å². The third-order valence-corrected chi connectivity index (χ3v) is 2.83. The van der Waals surface area contributed by atoms with Crippen molar-refractivity contribution in [3.8, 4) is 0 Å². The van der Waals surface area contributed by atoms with Gasteiger partial charge in [0.05, 0.1) is 6.42 Å². The quantitative estimate of drug-likeness (QED) is 0.798. The van der Waals surface area contributed by atoms with Crippen molar-refractivity contribution < 1.29 is 29.0 Å². The normalized spacial score (nSPS) is 21.1. The molecule has 1 aliphatic heterocycles. The molecule has 1 aromatic carbocycles. The first kappa shape index (κ1) is 13.9. The third-order valence-electron chi connectivity index (χ3n) is 2.83. The first-order valence-corrected chi connectivity index (χ1v) is 5.96. The second-order valence-corrected chi connectivity index (χ2v) is 4.29. The SMILES string of the molecule is O=C1CC[C@](NC(=O)OCc2ccccc2)(C(=O)O)O1. The number of nitrogens with one attached hydrogen (secondary N) is 1. The van der Waals surface area contributed by atoms with Crippen molar-refractivity contribution in [2.45, 2.75) is 25.2 Å². The van der Waals surface area contributed by atoms with Crippen LogP contribution in [-0.2, 0) is 25.7 Å². The molecule has 106 valence electrons. The lowest BCUT2D eigenvalue weighted by molar-refractivity contribution is -0.172. The van der Waals surface area contributed by atoms with Crippen molar-refractivity contribution in [2.24, 2.45) is 0 Å². The molecule has 7 heteroatoms. The lowest BCUT2D eigenvalue weighted by Gasteiger charge is -2.23. The van der Waals surface area contributed by atoms with Crippen LogP contribution in [0.4, 0.5) is 4.79 Å². The maximum Gasteiger partial charge on any atom is 0.411 e. The van der Waals surface area contributed by atoms with Gasteiger partial charge in [-0.3, -0.25) is 10.1 Å². The third kappa shape index (κ3) is 3.05. The van der Waals surface area contributed by atoms with E-state index in [9.17, 15) is 14.4 Å². The summed E-state index contributed by atoms with van der Waals surface area (Å²) in [6, 6.07) is 8.91. The van der Waals surface area contributed by atoms with Gasteiger partial charge in [-0.1, -0.05) is 30.3 Å².